The van der Waals surface area contributed by atoms with Gasteiger partial charge < -0.3 is 11.5 Å². The number of hydrogen-bond acceptors (Lipinski definition) is 4. The van der Waals surface area contributed by atoms with Gasteiger partial charge in [-0.1, -0.05) is 0 Å². The van der Waals surface area contributed by atoms with Gasteiger partial charge in [0.25, 0.3) is 0 Å². The maximum absolute atomic E-state index is 12.5. The van der Waals surface area contributed by atoms with Crippen molar-refractivity contribution < 1.29 is 26.3 Å². The highest BCUT2D eigenvalue weighted by Crippen LogP contribution is 2.44. The Hall–Kier alpha value is -1.79. The van der Waals surface area contributed by atoms with Crippen LogP contribution in [0, 0.1) is 3.57 Å². The molecule has 0 radical (unpaired) electrons. The van der Waals surface area contributed by atoms with E-state index in [4.69, 9.17) is 11.5 Å². The molecular weight excluding hydrogens is 513 g/mol. The van der Waals surface area contributed by atoms with E-state index in [0.29, 0.717) is 26.3 Å². The maximum atomic E-state index is 12.5. The third kappa shape index (κ3) is 5.43. The normalized spacial score (nSPS) is 16.9. The summed E-state index contributed by atoms with van der Waals surface area (Å²) in [5.41, 5.74) is 11.1. The van der Waals surface area contributed by atoms with Crippen LogP contribution in [0.4, 0.5) is 37.7 Å². The SMILES string of the molecule is Nc1c(I)cc(C(F)(F)F)nc1C1CC1.Nc1ccc(C(F)(F)F)nc1C1CC1. The van der Waals surface area contributed by atoms with Crippen LogP contribution >= 0.6 is 22.6 Å². The summed E-state index contributed by atoms with van der Waals surface area (Å²) in [6, 6.07) is 3.19. The van der Waals surface area contributed by atoms with Gasteiger partial charge in [-0.05, 0) is 66.5 Å². The molecule has 0 unspecified atom stereocenters. The number of hydrogen-bond donors (Lipinski definition) is 2. The van der Waals surface area contributed by atoms with E-state index in [1.165, 1.54) is 6.07 Å². The summed E-state index contributed by atoms with van der Waals surface area (Å²) in [6.45, 7) is 0. The molecule has 0 amide bonds. The monoisotopic (exact) mass is 530 g/mol. The molecule has 0 aromatic carbocycles. The number of halogens is 7. The molecule has 4 nitrogen and oxygen atoms in total. The van der Waals surface area contributed by atoms with E-state index < -0.39 is 23.7 Å². The van der Waals surface area contributed by atoms with Crippen molar-refractivity contribution in [3.8, 4) is 0 Å². The Morgan fingerprint density at radius 2 is 1.28 bits per heavy atom. The van der Waals surface area contributed by atoms with Crippen LogP contribution in [-0.2, 0) is 12.4 Å². The average molecular weight is 530 g/mol. The fourth-order valence-electron chi connectivity index (χ4n) is 2.68. The van der Waals surface area contributed by atoms with E-state index in [1.54, 1.807) is 0 Å². The summed E-state index contributed by atoms with van der Waals surface area (Å²) < 4.78 is 74.6. The van der Waals surface area contributed by atoms with Crippen LogP contribution in [0.15, 0.2) is 18.2 Å². The molecule has 0 saturated heterocycles. The van der Waals surface area contributed by atoms with E-state index in [9.17, 15) is 26.3 Å². The molecular formula is C18H17F6IN4. The summed E-state index contributed by atoms with van der Waals surface area (Å²) in [5.74, 6) is 0.262. The van der Waals surface area contributed by atoms with Gasteiger partial charge in [0.05, 0.1) is 22.8 Å². The Morgan fingerprint density at radius 1 is 0.793 bits per heavy atom. The Bertz CT molecular complexity index is 904. The van der Waals surface area contributed by atoms with Gasteiger partial charge in [-0.15, -0.1) is 0 Å². The van der Waals surface area contributed by atoms with Crippen LogP contribution in [0.1, 0.15) is 60.3 Å². The van der Waals surface area contributed by atoms with Gasteiger partial charge in [0.15, 0.2) is 0 Å². The predicted molar refractivity (Wildman–Crippen MR) is 104 cm³/mol. The molecule has 2 heterocycles. The first kappa shape index (κ1) is 21.9. The average Bonchev–Trinajstić information content (AvgIpc) is 3.49. The topological polar surface area (TPSA) is 77.8 Å². The van der Waals surface area contributed by atoms with Gasteiger partial charge in [0.1, 0.15) is 11.4 Å². The molecule has 2 fully saturated rings. The fourth-order valence-corrected chi connectivity index (χ4v) is 3.25. The van der Waals surface area contributed by atoms with Gasteiger partial charge in [-0.3, -0.25) is 0 Å². The standard InChI is InChI=1S/C9H8F3IN2.C9H9F3N2/c10-9(11,12)6-3-5(13)7(14)8(15-6)4-1-2-4;10-9(11,12)7-4-3-6(13)8(14-7)5-1-2-5/h3-4H,1-2,14H2;3-5H,1-2,13H2. The molecule has 11 heteroatoms. The Balaban J connectivity index is 0.000000166. The van der Waals surface area contributed by atoms with Crippen LogP contribution in [0.3, 0.4) is 0 Å². The van der Waals surface area contributed by atoms with Crippen molar-refractivity contribution >= 4 is 34.0 Å². The molecule has 2 aliphatic carbocycles. The number of nitrogen functional groups attached to an aromatic ring is 2. The number of rotatable bonds is 2. The second kappa shape index (κ2) is 7.80. The van der Waals surface area contributed by atoms with Gasteiger partial charge in [0.2, 0.25) is 0 Å². The van der Waals surface area contributed by atoms with Gasteiger partial charge in [-0.25, -0.2) is 9.97 Å². The minimum atomic E-state index is -4.39. The van der Waals surface area contributed by atoms with Gasteiger partial charge >= 0.3 is 12.4 Å². The van der Waals surface area contributed by atoms with Crippen LogP contribution < -0.4 is 11.5 Å². The zero-order chi connectivity index (χ0) is 21.6. The molecule has 0 aliphatic heterocycles. The zero-order valence-corrected chi connectivity index (χ0v) is 17.1. The lowest BCUT2D eigenvalue weighted by Crippen LogP contribution is -2.12. The second-order valence-corrected chi connectivity index (χ2v) is 8.17. The lowest BCUT2D eigenvalue weighted by molar-refractivity contribution is -0.142. The first-order chi connectivity index (χ1) is 13.4. The van der Waals surface area contributed by atoms with Crippen molar-refractivity contribution in [2.24, 2.45) is 0 Å². The maximum Gasteiger partial charge on any atom is 0.433 e. The highest BCUT2D eigenvalue weighted by molar-refractivity contribution is 14.1. The van der Waals surface area contributed by atoms with Crippen LogP contribution in [0.25, 0.3) is 0 Å². The molecule has 2 aliphatic rings. The third-order valence-corrected chi connectivity index (χ3v) is 5.40. The van der Waals surface area contributed by atoms with E-state index in [0.717, 1.165) is 37.8 Å². The highest BCUT2D eigenvalue weighted by atomic mass is 127. The zero-order valence-electron chi connectivity index (χ0n) is 14.9. The molecule has 0 spiro atoms. The molecule has 2 aromatic rings. The van der Waals surface area contributed by atoms with Crippen molar-refractivity contribution in [3.63, 3.8) is 0 Å². The summed E-state index contributed by atoms with van der Waals surface area (Å²) in [6.07, 6.45) is -5.23. The van der Waals surface area contributed by atoms with Gasteiger partial charge in [-0.2, -0.15) is 26.3 Å². The highest BCUT2D eigenvalue weighted by Gasteiger charge is 2.37. The van der Waals surface area contributed by atoms with E-state index >= 15 is 0 Å². The minimum Gasteiger partial charge on any atom is -0.397 e. The number of pyridine rings is 2. The number of nitrogens with zero attached hydrogens (tertiary/aromatic N) is 2. The molecule has 2 saturated carbocycles. The summed E-state index contributed by atoms with van der Waals surface area (Å²) in [7, 11) is 0. The van der Waals surface area contributed by atoms with Crippen LogP contribution in [0.5, 0.6) is 0 Å². The number of anilines is 2. The Morgan fingerprint density at radius 3 is 1.76 bits per heavy atom. The molecule has 158 valence electrons. The molecule has 0 atom stereocenters. The molecule has 0 bridgehead atoms. The first-order valence-corrected chi connectivity index (χ1v) is 9.82. The van der Waals surface area contributed by atoms with Crippen molar-refractivity contribution in [3.05, 3.63) is 44.5 Å². The molecule has 4 rings (SSSR count). The minimum absolute atomic E-state index is 0.126. The number of alkyl halides is 6. The summed E-state index contributed by atoms with van der Waals surface area (Å²) in [5, 5.41) is 0. The van der Waals surface area contributed by atoms with Crippen molar-refractivity contribution in [2.75, 3.05) is 11.5 Å². The Kier molecular flexibility index (Phi) is 5.89. The summed E-state index contributed by atoms with van der Waals surface area (Å²) >= 11 is 1.81. The lowest BCUT2D eigenvalue weighted by atomic mass is 10.2. The van der Waals surface area contributed by atoms with Crippen molar-refractivity contribution in [2.45, 2.75) is 49.9 Å². The molecule has 4 N–H and O–H groups in total. The smallest absolute Gasteiger partial charge is 0.397 e. The van der Waals surface area contributed by atoms with Crippen LogP contribution in [0.2, 0.25) is 0 Å². The first-order valence-electron chi connectivity index (χ1n) is 8.74. The quantitative estimate of drug-likeness (QED) is 0.385. The summed E-state index contributed by atoms with van der Waals surface area (Å²) in [4.78, 5) is 7.17. The third-order valence-electron chi connectivity index (χ3n) is 4.50. The van der Waals surface area contributed by atoms with Crippen molar-refractivity contribution in [1.82, 2.24) is 9.97 Å². The van der Waals surface area contributed by atoms with E-state index in [2.05, 4.69) is 9.97 Å². The van der Waals surface area contributed by atoms with E-state index in [-0.39, 0.29) is 11.8 Å². The lowest BCUT2D eigenvalue weighted by Gasteiger charge is -2.11. The molecule has 29 heavy (non-hydrogen) atoms. The molecule has 2 aromatic heterocycles. The number of nitrogens with two attached hydrogens (primary N) is 2. The van der Waals surface area contributed by atoms with Gasteiger partial charge in [0, 0.05) is 15.4 Å². The fraction of sp³-hybridized carbons (Fsp3) is 0.444. The van der Waals surface area contributed by atoms with E-state index in [1.807, 2.05) is 22.6 Å². The largest absolute Gasteiger partial charge is 0.433 e. The Labute approximate surface area is 176 Å². The second-order valence-electron chi connectivity index (χ2n) is 7.00. The predicted octanol–water partition coefficient (Wildman–Crippen LogP) is 5.72. The van der Waals surface area contributed by atoms with Crippen LogP contribution in [-0.4, -0.2) is 9.97 Å². The number of aromatic nitrogens is 2. The van der Waals surface area contributed by atoms with Crippen molar-refractivity contribution in [1.29, 1.82) is 0 Å².